The number of rotatable bonds is 6. The zero-order valence-electron chi connectivity index (χ0n) is 12.9. The summed E-state index contributed by atoms with van der Waals surface area (Å²) >= 11 is 0. The lowest BCUT2D eigenvalue weighted by Gasteiger charge is -2.18. The molecule has 0 aliphatic rings. The van der Waals surface area contributed by atoms with E-state index in [-0.39, 0.29) is 10.9 Å². The van der Waals surface area contributed by atoms with Crippen molar-refractivity contribution in [2.45, 2.75) is 31.2 Å². The van der Waals surface area contributed by atoms with Gasteiger partial charge in [0.05, 0.1) is 7.11 Å². The lowest BCUT2D eigenvalue weighted by atomic mass is 10.1. The van der Waals surface area contributed by atoms with Crippen LogP contribution in [-0.2, 0) is 10.0 Å². The molecule has 0 fully saturated rings. The molecule has 2 aromatic rings. The van der Waals surface area contributed by atoms with Gasteiger partial charge in [-0.3, -0.25) is 4.98 Å². The predicted molar refractivity (Wildman–Crippen MR) is 85.3 cm³/mol. The summed E-state index contributed by atoms with van der Waals surface area (Å²) in [6.07, 6.45) is 3.94. The molecule has 0 amide bonds. The first-order valence-corrected chi connectivity index (χ1v) is 8.53. The van der Waals surface area contributed by atoms with Gasteiger partial charge in [-0.2, -0.15) is 0 Å². The van der Waals surface area contributed by atoms with Crippen LogP contribution in [-0.4, -0.2) is 20.5 Å². The standard InChI is InChI=1S/C16H20N2O3S/c1-4-14(13-7-9-17-10-8-13)18-22(19,20)16-11-12(2)5-6-15(16)21-3/h5-11,14,18H,4H2,1-3H3. The zero-order chi connectivity index (χ0) is 16.2. The van der Waals surface area contributed by atoms with Crippen molar-refractivity contribution in [3.05, 3.63) is 53.9 Å². The summed E-state index contributed by atoms with van der Waals surface area (Å²) in [5.41, 5.74) is 1.74. The second-order valence-electron chi connectivity index (χ2n) is 5.02. The first kappa shape index (κ1) is 16.5. The van der Waals surface area contributed by atoms with Crippen molar-refractivity contribution in [2.75, 3.05) is 7.11 Å². The topological polar surface area (TPSA) is 68.3 Å². The van der Waals surface area contributed by atoms with Gasteiger partial charge < -0.3 is 4.74 Å². The van der Waals surface area contributed by atoms with Crippen LogP contribution < -0.4 is 9.46 Å². The Kier molecular flexibility index (Phi) is 5.15. The SMILES string of the molecule is CCC(NS(=O)(=O)c1cc(C)ccc1OC)c1ccncc1. The van der Waals surface area contributed by atoms with Gasteiger partial charge in [0.25, 0.3) is 0 Å². The predicted octanol–water partition coefficient (Wildman–Crippen LogP) is 2.83. The van der Waals surface area contributed by atoms with Crippen LogP contribution in [0.4, 0.5) is 0 Å². The Morgan fingerprint density at radius 2 is 1.91 bits per heavy atom. The number of aromatic nitrogens is 1. The molecule has 1 unspecified atom stereocenters. The second kappa shape index (κ2) is 6.89. The van der Waals surface area contributed by atoms with Gasteiger partial charge in [0.1, 0.15) is 10.6 Å². The summed E-state index contributed by atoms with van der Waals surface area (Å²) < 4.78 is 33.3. The van der Waals surface area contributed by atoms with Crippen LogP contribution in [0.15, 0.2) is 47.6 Å². The largest absolute Gasteiger partial charge is 0.495 e. The van der Waals surface area contributed by atoms with Crippen molar-refractivity contribution in [3.63, 3.8) is 0 Å². The van der Waals surface area contributed by atoms with Gasteiger partial charge in [-0.15, -0.1) is 0 Å². The van der Waals surface area contributed by atoms with E-state index in [2.05, 4.69) is 9.71 Å². The van der Waals surface area contributed by atoms with Gasteiger partial charge in [0, 0.05) is 18.4 Å². The molecule has 0 bridgehead atoms. The Morgan fingerprint density at radius 1 is 1.23 bits per heavy atom. The van der Waals surface area contributed by atoms with Crippen LogP contribution >= 0.6 is 0 Å². The summed E-state index contributed by atoms with van der Waals surface area (Å²) in [6, 6.07) is 8.41. The van der Waals surface area contributed by atoms with Crippen LogP contribution in [0.3, 0.4) is 0 Å². The van der Waals surface area contributed by atoms with Crippen molar-refractivity contribution in [1.82, 2.24) is 9.71 Å². The number of sulfonamides is 1. The third-order valence-electron chi connectivity index (χ3n) is 3.42. The van der Waals surface area contributed by atoms with E-state index in [9.17, 15) is 8.42 Å². The number of methoxy groups -OCH3 is 1. The maximum absolute atomic E-state index is 12.7. The fraction of sp³-hybridized carbons (Fsp3) is 0.312. The number of hydrogen-bond donors (Lipinski definition) is 1. The summed E-state index contributed by atoms with van der Waals surface area (Å²) in [6.45, 7) is 3.78. The number of aryl methyl sites for hydroxylation is 1. The summed E-state index contributed by atoms with van der Waals surface area (Å²) in [5.74, 6) is 0.336. The first-order chi connectivity index (χ1) is 10.5. The Bertz CT molecular complexity index is 730. The van der Waals surface area contributed by atoms with Crippen LogP contribution in [0, 0.1) is 6.92 Å². The average Bonchev–Trinajstić information content (AvgIpc) is 2.53. The Hall–Kier alpha value is -1.92. The third kappa shape index (κ3) is 3.64. The van der Waals surface area contributed by atoms with Gasteiger partial charge in [-0.05, 0) is 48.7 Å². The molecule has 6 heteroatoms. The van der Waals surface area contributed by atoms with E-state index in [1.165, 1.54) is 7.11 Å². The van der Waals surface area contributed by atoms with E-state index < -0.39 is 10.0 Å². The van der Waals surface area contributed by atoms with Crippen molar-refractivity contribution in [3.8, 4) is 5.75 Å². The lowest BCUT2D eigenvalue weighted by Crippen LogP contribution is -2.28. The highest BCUT2D eigenvalue weighted by atomic mass is 32.2. The molecular formula is C16H20N2O3S. The molecule has 1 aromatic heterocycles. The Balaban J connectivity index is 2.37. The van der Waals surface area contributed by atoms with Crippen molar-refractivity contribution in [1.29, 1.82) is 0 Å². The van der Waals surface area contributed by atoms with Crippen LogP contribution in [0.25, 0.3) is 0 Å². The molecule has 0 aliphatic heterocycles. The minimum absolute atomic E-state index is 0.155. The van der Waals surface area contributed by atoms with Gasteiger partial charge in [-0.1, -0.05) is 13.0 Å². The number of pyridine rings is 1. The van der Waals surface area contributed by atoms with E-state index >= 15 is 0 Å². The zero-order valence-corrected chi connectivity index (χ0v) is 13.7. The van der Waals surface area contributed by atoms with Crippen molar-refractivity contribution in [2.24, 2.45) is 0 Å². The van der Waals surface area contributed by atoms with E-state index in [0.29, 0.717) is 12.2 Å². The molecule has 5 nitrogen and oxygen atoms in total. The normalized spacial score (nSPS) is 12.9. The molecule has 1 atom stereocenters. The molecule has 1 N–H and O–H groups in total. The van der Waals surface area contributed by atoms with E-state index in [1.807, 2.05) is 32.0 Å². The number of hydrogen-bond acceptors (Lipinski definition) is 4. The third-order valence-corrected chi connectivity index (χ3v) is 4.92. The van der Waals surface area contributed by atoms with Gasteiger partial charge in [0.15, 0.2) is 0 Å². The number of benzene rings is 1. The molecule has 118 valence electrons. The smallest absolute Gasteiger partial charge is 0.244 e. The minimum atomic E-state index is -3.68. The molecule has 0 radical (unpaired) electrons. The highest BCUT2D eigenvalue weighted by Crippen LogP contribution is 2.27. The first-order valence-electron chi connectivity index (χ1n) is 7.05. The van der Waals surface area contributed by atoms with Crippen LogP contribution in [0.1, 0.15) is 30.5 Å². The molecular weight excluding hydrogens is 300 g/mol. The van der Waals surface area contributed by atoms with E-state index in [0.717, 1.165) is 11.1 Å². The molecule has 0 spiro atoms. The number of nitrogens with one attached hydrogen (secondary N) is 1. The summed E-state index contributed by atoms with van der Waals surface area (Å²) in [4.78, 5) is 4.11. The minimum Gasteiger partial charge on any atom is -0.495 e. The molecule has 0 aliphatic carbocycles. The fourth-order valence-corrected chi connectivity index (χ4v) is 3.79. The van der Waals surface area contributed by atoms with E-state index in [1.54, 1.807) is 24.5 Å². The number of nitrogens with zero attached hydrogens (tertiary/aromatic N) is 1. The average molecular weight is 320 g/mol. The summed E-state index contributed by atoms with van der Waals surface area (Å²) in [7, 11) is -2.22. The molecule has 0 saturated carbocycles. The monoisotopic (exact) mass is 320 g/mol. The maximum atomic E-state index is 12.7. The molecule has 1 heterocycles. The number of ether oxygens (including phenoxy) is 1. The molecule has 22 heavy (non-hydrogen) atoms. The van der Waals surface area contributed by atoms with Crippen LogP contribution in [0.2, 0.25) is 0 Å². The molecule has 2 rings (SSSR count). The summed E-state index contributed by atoms with van der Waals surface area (Å²) in [5, 5.41) is 0. The fourth-order valence-electron chi connectivity index (χ4n) is 2.23. The second-order valence-corrected chi connectivity index (χ2v) is 6.70. The Labute approximate surface area is 131 Å². The Morgan fingerprint density at radius 3 is 2.50 bits per heavy atom. The van der Waals surface area contributed by atoms with Crippen LogP contribution in [0.5, 0.6) is 5.75 Å². The van der Waals surface area contributed by atoms with E-state index in [4.69, 9.17) is 4.74 Å². The highest BCUT2D eigenvalue weighted by Gasteiger charge is 2.23. The molecule has 0 saturated heterocycles. The van der Waals surface area contributed by atoms with Gasteiger partial charge >= 0.3 is 0 Å². The highest BCUT2D eigenvalue weighted by molar-refractivity contribution is 7.89. The molecule has 1 aromatic carbocycles. The van der Waals surface area contributed by atoms with Crippen molar-refractivity contribution < 1.29 is 13.2 Å². The maximum Gasteiger partial charge on any atom is 0.244 e. The quantitative estimate of drug-likeness (QED) is 0.888. The lowest BCUT2D eigenvalue weighted by molar-refractivity contribution is 0.401. The van der Waals surface area contributed by atoms with Gasteiger partial charge in [-0.25, -0.2) is 13.1 Å². The van der Waals surface area contributed by atoms with Gasteiger partial charge in [0.2, 0.25) is 10.0 Å². The van der Waals surface area contributed by atoms with Crippen molar-refractivity contribution >= 4 is 10.0 Å².